The first kappa shape index (κ1) is 16.2. The summed E-state index contributed by atoms with van der Waals surface area (Å²) in [6, 6.07) is 6.55. The molecule has 5 N–H and O–H groups in total. The molecule has 0 amide bonds. The Hall–Kier alpha value is -1.82. The zero-order chi connectivity index (χ0) is 15.0. The van der Waals surface area contributed by atoms with Crippen LogP contribution in [-0.2, 0) is 10.2 Å². The lowest BCUT2D eigenvalue weighted by Crippen LogP contribution is -2.22. The maximum absolute atomic E-state index is 11.0. The number of rotatable bonds is 8. The van der Waals surface area contributed by atoms with E-state index in [0.717, 1.165) is 19.3 Å². The van der Waals surface area contributed by atoms with Gasteiger partial charge in [-0.25, -0.2) is 5.14 Å². The van der Waals surface area contributed by atoms with Crippen molar-refractivity contribution in [2.24, 2.45) is 10.9 Å². The van der Waals surface area contributed by atoms with Gasteiger partial charge in [-0.2, -0.15) is 13.7 Å². The molecule has 0 atom stereocenters. The Kier molecular flexibility index (Phi) is 6.24. The maximum atomic E-state index is 11.0. The highest BCUT2D eigenvalue weighted by Gasteiger charge is 2.12. The second-order valence-corrected chi connectivity index (χ2v) is 5.43. The van der Waals surface area contributed by atoms with Gasteiger partial charge in [-0.15, -0.1) is 0 Å². The molecule has 0 fully saturated rings. The van der Waals surface area contributed by atoms with Crippen molar-refractivity contribution in [2.75, 3.05) is 17.9 Å². The zero-order valence-electron chi connectivity index (χ0n) is 11.0. The molecule has 1 rings (SSSR count). The predicted molar refractivity (Wildman–Crippen MR) is 76.3 cm³/mol. The van der Waals surface area contributed by atoms with Gasteiger partial charge in [0, 0.05) is 0 Å². The predicted octanol–water partition coefficient (Wildman–Crippen LogP) is 0.681. The fraction of sp³-hybridized carbons (Fsp3) is 0.417. The summed E-state index contributed by atoms with van der Waals surface area (Å²) in [5, 5.41) is 14.0. The van der Waals surface area contributed by atoms with E-state index in [-0.39, 0.29) is 11.3 Å². The quantitative estimate of drug-likeness (QED) is 0.607. The van der Waals surface area contributed by atoms with E-state index in [1.807, 2.05) is 6.07 Å². The number of anilines is 1. The van der Waals surface area contributed by atoms with Gasteiger partial charge in [-0.05, 0) is 37.9 Å². The highest BCUT2D eigenvalue weighted by Crippen LogP contribution is 2.26. The molecule has 0 unspecified atom stereocenters. The van der Waals surface area contributed by atoms with Gasteiger partial charge in [0.2, 0.25) is 0 Å². The lowest BCUT2D eigenvalue weighted by Gasteiger charge is -2.11. The minimum absolute atomic E-state index is 0.106. The number of hydrogen-bond acceptors (Lipinski definition) is 5. The largest absolute Gasteiger partial charge is 0.492 e. The molecule has 0 bridgehead atoms. The Morgan fingerprint density at radius 2 is 2.05 bits per heavy atom. The first-order valence-electron chi connectivity index (χ1n) is 6.14. The van der Waals surface area contributed by atoms with E-state index in [1.165, 1.54) is 6.07 Å². The summed E-state index contributed by atoms with van der Waals surface area (Å²) in [7, 11) is -3.93. The summed E-state index contributed by atoms with van der Waals surface area (Å²) < 4.78 is 29.6. The van der Waals surface area contributed by atoms with E-state index in [9.17, 15) is 8.42 Å². The van der Waals surface area contributed by atoms with Crippen molar-refractivity contribution in [3.05, 3.63) is 23.8 Å². The van der Waals surface area contributed by atoms with Gasteiger partial charge in [-0.1, -0.05) is 6.07 Å². The van der Waals surface area contributed by atoms with Crippen LogP contribution in [0.5, 0.6) is 5.75 Å². The van der Waals surface area contributed by atoms with Gasteiger partial charge < -0.3 is 10.5 Å². The smallest absolute Gasteiger partial charge is 0.296 e. The summed E-state index contributed by atoms with van der Waals surface area (Å²) in [5.74, 6) is 0.328. The van der Waals surface area contributed by atoms with Crippen LogP contribution in [0.15, 0.2) is 18.2 Å². The van der Waals surface area contributed by atoms with E-state index in [1.54, 1.807) is 12.1 Å². The van der Waals surface area contributed by atoms with Gasteiger partial charge >= 0.3 is 0 Å². The minimum atomic E-state index is -3.93. The lowest BCUT2D eigenvalue weighted by molar-refractivity contribution is 0.305. The molecule has 1 aromatic rings. The van der Waals surface area contributed by atoms with Crippen LogP contribution >= 0.6 is 0 Å². The number of ether oxygens (including phenoxy) is 1. The van der Waals surface area contributed by atoms with Crippen molar-refractivity contribution in [3.63, 3.8) is 0 Å². The van der Waals surface area contributed by atoms with Gasteiger partial charge in [0.15, 0.2) is 0 Å². The molecule has 0 aromatic heterocycles. The van der Waals surface area contributed by atoms with Gasteiger partial charge in [0.1, 0.15) is 17.4 Å². The molecule has 0 saturated carbocycles. The fourth-order valence-corrected chi connectivity index (χ4v) is 2.09. The van der Waals surface area contributed by atoms with E-state index >= 15 is 0 Å². The molecule has 0 spiro atoms. The molecule has 8 heteroatoms. The third kappa shape index (κ3) is 5.44. The van der Waals surface area contributed by atoms with Crippen molar-refractivity contribution < 1.29 is 13.2 Å². The van der Waals surface area contributed by atoms with E-state index < -0.39 is 10.2 Å². The summed E-state index contributed by atoms with van der Waals surface area (Å²) >= 11 is 0. The van der Waals surface area contributed by atoms with Crippen LogP contribution in [-0.4, -0.2) is 21.6 Å². The zero-order valence-corrected chi connectivity index (χ0v) is 11.8. The van der Waals surface area contributed by atoms with E-state index in [4.69, 9.17) is 20.9 Å². The molecular weight excluding hydrogens is 280 g/mol. The minimum Gasteiger partial charge on any atom is -0.492 e. The summed E-state index contributed by atoms with van der Waals surface area (Å²) in [6.07, 6.45) is 2.67. The van der Waals surface area contributed by atoms with Crippen LogP contribution in [0.4, 0.5) is 5.69 Å². The Labute approximate surface area is 118 Å². The van der Waals surface area contributed by atoms with Crippen molar-refractivity contribution in [1.82, 2.24) is 0 Å². The second-order valence-electron chi connectivity index (χ2n) is 4.14. The van der Waals surface area contributed by atoms with Crippen LogP contribution in [0.2, 0.25) is 0 Å². The molecule has 0 aliphatic heterocycles. The molecule has 0 radical (unpaired) electrons. The summed E-state index contributed by atoms with van der Waals surface area (Å²) in [4.78, 5) is 0. The van der Waals surface area contributed by atoms with Crippen LogP contribution in [0.25, 0.3) is 0 Å². The van der Waals surface area contributed by atoms with Crippen LogP contribution < -0.4 is 20.3 Å². The Morgan fingerprint density at radius 3 is 2.65 bits per heavy atom. The third-order valence-electron chi connectivity index (χ3n) is 2.50. The number of benzene rings is 1. The number of nitrogens with one attached hydrogen (secondary N) is 1. The first-order valence-corrected chi connectivity index (χ1v) is 7.69. The molecule has 0 saturated heterocycles. The SMILES string of the molecule is N#Cc1c(NS(N)(=O)=O)cccc1OCCCCCN. The molecule has 0 heterocycles. The third-order valence-corrected chi connectivity index (χ3v) is 3.00. The average Bonchev–Trinajstić information content (AvgIpc) is 2.37. The number of unbranched alkanes of at least 4 members (excludes halogenated alkanes) is 2. The molecule has 7 nitrogen and oxygen atoms in total. The number of hydrogen-bond donors (Lipinski definition) is 3. The van der Waals surface area contributed by atoms with Crippen molar-refractivity contribution in [2.45, 2.75) is 19.3 Å². The van der Waals surface area contributed by atoms with Gasteiger partial charge in [-0.3, -0.25) is 4.72 Å². The van der Waals surface area contributed by atoms with Crippen LogP contribution in [0.3, 0.4) is 0 Å². The number of nitriles is 1. The maximum Gasteiger partial charge on any atom is 0.296 e. The number of nitrogens with two attached hydrogens (primary N) is 2. The Bertz CT molecular complexity index is 581. The second kappa shape index (κ2) is 7.69. The summed E-state index contributed by atoms with van der Waals surface area (Å²) in [6.45, 7) is 1.07. The van der Waals surface area contributed by atoms with Gasteiger partial charge in [0.25, 0.3) is 10.2 Å². The molecule has 1 aromatic carbocycles. The standard InChI is InChI=1S/C12H18N4O3S/c13-7-2-1-3-8-19-12-6-4-5-11(10(12)9-14)16-20(15,17)18/h4-6,16H,1-3,7-8,13H2,(H2,15,17,18). The monoisotopic (exact) mass is 298 g/mol. The van der Waals surface area contributed by atoms with E-state index in [0.29, 0.717) is 18.9 Å². The molecule has 0 aliphatic rings. The topological polar surface area (TPSA) is 131 Å². The Balaban J connectivity index is 2.77. The van der Waals surface area contributed by atoms with Crippen molar-refractivity contribution in [3.8, 4) is 11.8 Å². The van der Waals surface area contributed by atoms with Crippen LogP contribution in [0, 0.1) is 11.3 Å². The highest BCUT2D eigenvalue weighted by atomic mass is 32.2. The highest BCUT2D eigenvalue weighted by molar-refractivity contribution is 7.90. The molecular formula is C12H18N4O3S. The normalized spacial score (nSPS) is 10.8. The lowest BCUT2D eigenvalue weighted by atomic mass is 10.2. The van der Waals surface area contributed by atoms with Crippen molar-refractivity contribution >= 4 is 15.9 Å². The molecule has 110 valence electrons. The van der Waals surface area contributed by atoms with E-state index in [2.05, 4.69) is 4.72 Å². The average molecular weight is 298 g/mol. The van der Waals surface area contributed by atoms with Crippen molar-refractivity contribution in [1.29, 1.82) is 5.26 Å². The number of nitrogens with zero attached hydrogens (tertiary/aromatic N) is 1. The van der Waals surface area contributed by atoms with Crippen LogP contribution in [0.1, 0.15) is 24.8 Å². The molecule has 20 heavy (non-hydrogen) atoms. The molecule has 0 aliphatic carbocycles. The Morgan fingerprint density at radius 1 is 1.30 bits per heavy atom. The first-order chi connectivity index (χ1) is 9.48. The fourth-order valence-electron chi connectivity index (χ4n) is 1.61. The van der Waals surface area contributed by atoms with Gasteiger partial charge in [0.05, 0.1) is 12.3 Å². The summed E-state index contributed by atoms with van der Waals surface area (Å²) in [5.41, 5.74) is 5.60.